The molecule has 1 N–H and O–H groups in total. The molecule has 3 heterocycles. The van der Waals surface area contributed by atoms with Crippen molar-refractivity contribution in [3.8, 4) is 5.75 Å². The first-order valence-corrected chi connectivity index (χ1v) is 14.6. The van der Waals surface area contributed by atoms with Gasteiger partial charge in [-0.1, -0.05) is 39.0 Å². The fourth-order valence-corrected chi connectivity index (χ4v) is 8.33. The van der Waals surface area contributed by atoms with Gasteiger partial charge in [-0.15, -0.1) is 0 Å². The minimum absolute atomic E-state index is 0.0271. The molecule has 0 radical (unpaired) electrons. The van der Waals surface area contributed by atoms with Crippen molar-refractivity contribution < 1.29 is 24.2 Å². The number of halogens is 1. The molecule has 0 unspecified atom stereocenters. The molecule has 2 saturated heterocycles. The number of rotatable bonds is 6. The lowest BCUT2D eigenvalue weighted by atomic mass is 9.63. The number of aliphatic hydroxyl groups excluding tert-OH is 1. The van der Waals surface area contributed by atoms with Crippen LogP contribution in [0.2, 0.25) is 0 Å². The van der Waals surface area contributed by atoms with Gasteiger partial charge in [0.2, 0.25) is 5.91 Å². The second kappa shape index (κ2) is 10.2. The number of nitrogens with zero attached hydrogens (tertiary/aromatic N) is 2. The Balaban J connectivity index is 1.61. The van der Waals surface area contributed by atoms with E-state index in [0.717, 1.165) is 45.4 Å². The zero-order valence-corrected chi connectivity index (χ0v) is 25.2. The van der Waals surface area contributed by atoms with E-state index in [4.69, 9.17) is 9.47 Å². The number of carbonyl (C=O) groups excluding carboxylic acids is 2. The van der Waals surface area contributed by atoms with Crippen molar-refractivity contribution in [2.75, 3.05) is 32.2 Å². The van der Waals surface area contributed by atoms with Crippen LogP contribution in [0.25, 0.3) is 0 Å². The molecule has 3 aliphatic rings. The van der Waals surface area contributed by atoms with Gasteiger partial charge in [-0.05, 0) is 70.4 Å². The van der Waals surface area contributed by atoms with E-state index in [9.17, 15) is 14.7 Å². The third-order valence-corrected chi connectivity index (χ3v) is 10.0. The first kappa shape index (κ1) is 28.1. The summed E-state index contributed by atoms with van der Waals surface area (Å²) in [5.74, 6) is 0.286. The fourth-order valence-electron chi connectivity index (χ4n) is 7.49. The Bertz CT molecular complexity index is 1280. The van der Waals surface area contributed by atoms with Gasteiger partial charge in [0.15, 0.2) is 5.60 Å². The topological polar surface area (TPSA) is 79.3 Å². The minimum Gasteiger partial charge on any atom is -0.497 e. The zero-order chi connectivity index (χ0) is 28.3. The van der Waals surface area contributed by atoms with Gasteiger partial charge in [0, 0.05) is 35.5 Å². The highest BCUT2D eigenvalue weighted by Gasteiger charge is 2.66. The Labute approximate surface area is 239 Å². The third-order valence-electron chi connectivity index (χ3n) is 9.43. The lowest BCUT2D eigenvalue weighted by molar-refractivity contribution is -0.150. The molecule has 0 aromatic heterocycles. The maximum Gasteiger partial charge on any atom is 0.264 e. The van der Waals surface area contributed by atoms with Crippen LogP contribution in [0.15, 0.2) is 40.9 Å². The standard InChI is InChI=1S/C31H39BrN2O5/c1-18-14-23-28(24(32)15-18)33(5)29(37)31(23)19(2)27(30(3,4)20-9-11-22(38-6)12-10-20)25(39-31)16-26(36)34-13-7-8-21(34)17-35/h9-12,14-15,19,21,25,27,35H,7-8,13,16-17H2,1-6H3/t19-,21-,25+,27-,31+/m0/s1. The van der Waals surface area contributed by atoms with Crippen LogP contribution >= 0.6 is 15.9 Å². The summed E-state index contributed by atoms with van der Waals surface area (Å²) in [5.41, 5.74) is 2.19. The number of methoxy groups -OCH3 is 1. The SMILES string of the molecule is COc1ccc(C(C)(C)[C@@H]2[C@@H](CC(=O)N3CCC[C@H]3CO)O[C@]3(C(=O)N(C)c4c(Br)cc(C)cc43)[C@H]2C)cc1. The second-order valence-corrected chi connectivity index (χ2v) is 12.8. The molecule has 2 aromatic rings. The van der Waals surface area contributed by atoms with Gasteiger partial charge < -0.3 is 24.4 Å². The fraction of sp³-hybridized carbons (Fsp3) is 0.548. The largest absolute Gasteiger partial charge is 0.497 e. The number of anilines is 1. The summed E-state index contributed by atoms with van der Waals surface area (Å²) in [5, 5.41) is 9.86. The van der Waals surface area contributed by atoms with Gasteiger partial charge in [-0.2, -0.15) is 0 Å². The molecule has 0 saturated carbocycles. The number of aliphatic hydroxyl groups is 1. The van der Waals surface area contributed by atoms with E-state index in [-0.39, 0.29) is 42.7 Å². The molecule has 1 spiro atoms. The van der Waals surface area contributed by atoms with E-state index >= 15 is 0 Å². The van der Waals surface area contributed by atoms with Gasteiger partial charge in [0.1, 0.15) is 5.75 Å². The van der Waals surface area contributed by atoms with Crippen molar-refractivity contribution in [1.82, 2.24) is 4.90 Å². The van der Waals surface area contributed by atoms with Gasteiger partial charge in [-0.25, -0.2) is 0 Å². The van der Waals surface area contributed by atoms with Gasteiger partial charge in [0.25, 0.3) is 5.91 Å². The van der Waals surface area contributed by atoms with Crippen molar-refractivity contribution in [1.29, 1.82) is 0 Å². The van der Waals surface area contributed by atoms with Crippen LogP contribution in [0.3, 0.4) is 0 Å². The highest BCUT2D eigenvalue weighted by Crippen LogP contribution is 2.60. The van der Waals surface area contributed by atoms with Crippen molar-refractivity contribution in [3.05, 3.63) is 57.6 Å². The number of likely N-dealkylation sites (N-methyl/N-ethyl adjacent to an activating group) is 1. The van der Waals surface area contributed by atoms with Gasteiger partial charge in [0.05, 0.1) is 38.0 Å². The average Bonchev–Trinajstić information content (AvgIpc) is 3.55. The minimum atomic E-state index is -1.20. The summed E-state index contributed by atoms with van der Waals surface area (Å²) < 4.78 is 13.2. The summed E-state index contributed by atoms with van der Waals surface area (Å²) in [6.45, 7) is 9.08. The smallest absolute Gasteiger partial charge is 0.264 e. The number of fused-ring (bicyclic) bond motifs is 2. The number of carbonyl (C=O) groups is 2. The number of hydrogen-bond donors (Lipinski definition) is 1. The maximum absolute atomic E-state index is 14.2. The van der Waals surface area contributed by atoms with Crippen LogP contribution < -0.4 is 9.64 Å². The number of hydrogen-bond acceptors (Lipinski definition) is 5. The van der Waals surface area contributed by atoms with E-state index < -0.39 is 17.1 Å². The first-order valence-electron chi connectivity index (χ1n) is 13.8. The Hall–Kier alpha value is -2.42. The summed E-state index contributed by atoms with van der Waals surface area (Å²) in [7, 11) is 3.44. The maximum atomic E-state index is 14.2. The average molecular weight is 600 g/mol. The van der Waals surface area contributed by atoms with E-state index in [2.05, 4.69) is 54.9 Å². The van der Waals surface area contributed by atoms with Crippen LogP contribution in [0.4, 0.5) is 5.69 Å². The van der Waals surface area contributed by atoms with Crippen molar-refractivity contribution in [3.63, 3.8) is 0 Å². The van der Waals surface area contributed by atoms with Crippen molar-refractivity contribution in [2.45, 2.75) is 70.1 Å². The Morgan fingerprint density at radius 2 is 1.95 bits per heavy atom. The number of ether oxygens (including phenoxy) is 2. The molecule has 39 heavy (non-hydrogen) atoms. The van der Waals surface area contributed by atoms with Crippen molar-refractivity contribution in [2.24, 2.45) is 11.8 Å². The zero-order valence-electron chi connectivity index (χ0n) is 23.7. The first-order chi connectivity index (χ1) is 18.5. The van der Waals surface area contributed by atoms with E-state index in [1.165, 1.54) is 0 Å². The molecule has 2 amide bonds. The lowest BCUT2D eigenvalue weighted by Gasteiger charge is -2.39. The lowest BCUT2D eigenvalue weighted by Crippen LogP contribution is -2.45. The normalized spacial score (nSPS) is 28.5. The molecule has 5 atom stereocenters. The number of benzene rings is 2. The van der Waals surface area contributed by atoms with Crippen LogP contribution in [0.5, 0.6) is 5.75 Å². The van der Waals surface area contributed by atoms with Crippen LogP contribution in [0.1, 0.15) is 56.7 Å². The number of aryl methyl sites for hydroxylation is 1. The predicted molar refractivity (Wildman–Crippen MR) is 154 cm³/mol. The molecule has 8 heteroatoms. The molecular formula is C31H39BrN2O5. The summed E-state index contributed by atoms with van der Waals surface area (Å²) >= 11 is 3.69. The Morgan fingerprint density at radius 3 is 2.59 bits per heavy atom. The summed E-state index contributed by atoms with van der Waals surface area (Å²) in [6.07, 6.45) is 1.35. The Morgan fingerprint density at radius 1 is 1.26 bits per heavy atom. The highest BCUT2D eigenvalue weighted by molar-refractivity contribution is 9.10. The molecule has 5 rings (SSSR count). The van der Waals surface area contributed by atoms with Crippen LogP contribution in [-0.4, -0.2) is 61.3 Å². The molecule has 2 aromatic carbocycles. The second-order valence-electron chi connectivity index (χ2n) is 11.9. The summed E-state index contributed by atoms with van der Waals surface area (Å²) in [4.78, 5) is 31.4. The highest BCUT2D eigenvalue weighted by atomic mass is 79.9. The van der Waals surface area contributed by atoms with E-state index in [1.807, 2.05) is 25.1 Å². The summed E-state index contributed by atoms with van der Waals surface area (Å²) in [6, 6.07) is 12.0. The predicted octanol–water partition coefficient (Wildman–Crippen LogP) is 4.94. The Kier molecular flexibility index (Phi) is 7.36. The molecule has 0 aliphatic carbocycles. The monoisotopic (exact) mass is 598 g/mol. The van der Waals surface area contributed by atoms with Gasteiger partial charge >= 0.3 is 0 Å². The molecule has 210 valence electrons. The number of amides is 2. The van der Waals surface area contributed by atoms with Crippen LogP contribution in [-0.2, 0) is 25.3 Å². The molecule has 0 bridgehead atoms. The van der Waals surface area contributed by atoms with Crippen LogP contribution in [0, 0.1) is 18.8 Å². The van der Waals surface area contributed by atoms with Crippen molar-refractivity contribution >= 4 is 33.4 Å². The molecule has 3 aliphatic heterocycles. The van der Waals surface area contributed by atoms with E-state index in [1.54, 1.807) is 24.0 Å². The molecule has 2 fully saturated rings. The van der Waals surface area contributed by atoms with Gasteiger partial charge in [-0.3, -0.25) is 9.59 Å². The third kappa shape index (κ3) is 4.30. The van der Waals surface area contributed by atoms with E-state index in [0.29, 0.717) is 6.54 Å². The molecular weight excluding hydrogens is 560 g/mol. The number of likely N-dealkylation sites (tertiary alicyclic amines) is 1. The molecule has 7 nitrogen and oxygen atoms in total. The quantitative estimate of drug-likeness (QED) is 0.509.